The molecule has 0 amide bonds. The molecule has 25 heavy (non-hydrogen) atoms. The van der Waals surface area contributed by atoms with Crippen molar-refractivity contribution in [2.75, 3.05) is 13.0 Å². The van der Waals surface area contributed by atoms with E-state index >= 15 is 0 Å². The Labute approximate surface area is 149 Å². The molecule has 2 aromatic heterocycles. The van der Waals surface area contributed by atoms with Crippen LogP contribution in [0.25, 0.3) is 11.4 Å². The summed E-state index contributed by atoms with van der Waals surface area (Å²) in [6.07, 6.45) is 0.767. The molecule has 0 aliphatic carbocycles. The molecule has 0 spiro atoms. The molecule has 0 atom stereocenters. The van der Waals surface area contributed by atoms with E-state index in [1.807, 2.05) is 24.3 Å². The summed E-state index contributed by atoms with van der Waals surface area (Å²) in [7, 11) is 1.61. The van der Waals surface area contributed by atoms with Gasteiger partial charge in [-0.15, -0.1) is 10.2 Å². The SMILES string of the molecule is COc1ccccc1-c1nnc(SCc2noc(CC(C)C)n2)n1N. The quantitative estimate of drug-likeness (QED) is 0.506. The topological polar surface area (TPSA) is 105 Å². The Kier molecular flexibility index (Phi) is 5.22. The summed E-state index contributed by atoms with van der Waals surface area (Å²) in [6, 6.07) is 7.53. The van der Waals surface area contributed by atoms with Gasteiger partial charge in [-0.25, -0.2) is 4.68 Å². The molecule has 0 bridgehead atoms. The first-order chi connectivity index (χ1) is 12.1. The minimum atomic E-state index is 0.469. The van der Waals surface area contributed by atoms with E-state index in [1.54, 1.807) is 7.11 Å². The first kappa shape index (κ1) is 17.3. The van der Waals surface area contributed by atoms with E-state index in [-0.39, 0.29) is 0 Å². The summed E-state index contributed by atoms with van der Waals surface area (Å²) < 4.78 is 12.0. The van der Waals surface area contributed by atoms with Gasteiger partial charge in [0.1, 0.15) is 5.75 Å². The number of rotatable bonds is 7. The van der Waals surface area contributed by atoms with Crippen LogP contribution in [0, 0.1) is 5.92 Å². The van der Waals surface area contributed by atoms with Crippen molar-refractivity contribution in [1.82, 2.24) is 25.0 Å². The number of methoxy groups -OCH3 is 1. The van der Waals surface area contributed by atoms with E-state index < -0.39 is 0 Å². The molecule has 0 saturated carbocycles. The Morgan fingerprint density at radius 1 is 1.28 bits per heavy atom. The third kappa shape index (κ3) is 3.93. The molecule has 0 fully saturated rings. The van der Waals surface area contributed by atoms with Crippen molar-refractivity contribution in [2.24, 2.45) is 5.92 Å². The molecule has 3 aromatic rings. The maximum absolute atomic E-state index is 6.15. The summed E-state index contributed by atoms with van der Waals surface area (Å²) in [5.74, 6) is 9.60. The number of hydrogen-bond donors (Lipinski definition) is 1. The second kappa shape index (κ2) is 7.56. The highest BCUT2D eigenvalue weighted by Gasteiger charge is 2.17. The van der Waals surface area contributed by atoms with Gasteiger partial charge in [0.2, 0.25) is 11.0 Å². The van der Waals surface area contributed by atoms with Gasteiger partial charge in [-0.1, -0.05) is 42.9 Å². The van der Waals surface area contributed by atoms with E-state index in [9.17, 15) is 0 Å². The van der Waals surface area contributed by atoms with Crippen LogP contribution in [0.2, 0.25) is 0 Å². The lowest BCUT2D eigenvalue weighted by Gasteiger charge is -2.07. The van der Waals surface area contributed by atoms with Gasteiger partial charge in [-0.3, -0.25) is 0 Å². The van der Waals surface area contributed by atoms with Gasteiger partial charge >= 0.3 is 0 Å². The summed E-state index contributed by atoms with van der Waals surface area (Å²) in [5, 5.41) is 12.9. The van der Waals surface area contributed by atoms with Gasteiger partial charge in [-0.2, -0.15) is 4.98 Å². The predicted molar refractivity (Wildman–Crippen MR) is 94.6 cm³/mol. The fraction of sp³-hybridized carbons (Fsp3) is 0.375. The fourth-order valence-corrected chi connectivity index (χ4v) is 3.00. The number of aromatic nitrogens is 5. The van der Waals surface area contributed by atoms with Crippen LogP contribution >= 0.6 is 11.8 Å². The molecule has 132 valence electrons. The molecule has 0 radical (unpaired) electrons. The molecule has 2 heterocycles. The average Bonchev–Trinajstić information content (AvgIpc) is 3.19. The van der Waals surface area contributed by atoms with Gasteiger partial charge in [0.25, 0.3) is 0 Å². The van der Waals surface area contributed by atoms with Crippen LogP contribution in [-0.2, 0) is 12.2 Å². The molecule has 0 aliphatic heterocycles. The zero-order valence-corrected chi connectivity index (χ0v) is 15.2. The maximum atomic E-state index is 6.15. The van der Waals surface area contributed by atoms with Crippen LogP contribution in [0.4, 0.5) is 0 Å². The number of nitrogen functional groups attached to an aromatic ring is 1. The third-order valence-corrected chi connectivity index (χ3v) is 4.37. The monoisotopic (exact) mass is 360 g/mol. The molecular formula is C16H20N6O2S. The van der Waals surface area contributed by atoms with E-state index in [0.29, 0.717) is 40.1 Å². The second-order valence-corrected chi connectivity index (χ2v) is 6.81. The summed E-state index contributed by atoms with van der Waals surface area (Å²) in [6.45, 7) is 4.21. The van der Waals surface area contributed by atoms with Gasteiger partial charge in [0.05, 0.1) is 18.4 Å². The lowest BCUT2D eigenvalue weighted by molar-refractivity contribution is 0.360. The highest BCUT2D eigenvalue weighted by molar-refractivity contribution is 7.98. The van der Waals surface area contributed by atoms with Gasteiger partial charge in [0, 0.05) is 6.42 Å². The second-order valence-electron chi connectivity index (χ2n) is 5.87. The smallest absolute Gasteiger partial charge is 0.226 e. The van der Waals surface area contributed by atoms with Crippen LogP contribution in [0.3, 0.4) is 0 Å². The summed E-state index contributed by atoms with van der Waals surface area (Å²) >= 11 is 1.40. The van der Waals surface area contributed by atoms with Crippen LogP contribution in [0.1, 0.15) is 25.6 Å². The zero-order chi connectivity index (χ0) is 17.8. The first-order valence-electron chi connectivity index (χ1n) is 7.86. The fourth-order valence-electron chi connectivity index (χ4n) is 2.30. The van der Waals surface area contributed by atoms with Crippen LogP contribution in [0.5, 0.6) is 5.75 Å². The van der Waals surface area contributed by atoms with Crippen LogP contribution in [0.15, 0.2) is 33.9 Å². The largest absolute Gasteiger partial charge is 0.496 e. The van der Waals surface area contributed by atoms with Crippen molar-refractivity contribution >= 4 is 11.8 Å². The van der Waals surface area contributed by atoms with Crippen molar-refractivity contribution in [3.05, 3.63) is 36.0 Å². The van der Waals surface area contributed by atoms with Gasteiger partial charge in [-0.05, 0) is 18.1 Å². The zero-order valence-electron chi connectivity index (χ0n) is 14.3. The van der Waals surface area contributed by atoms with Crippen molar-refractivity contribution in [3.8, 4) is 17.1 Å². The highest BCUT2D eigenvalue weighted by atomic mass is 32.2. The maximum Gasteiger partial charge on any atom is 0.226 e. The molecule has 1 aromatic carbocycles. The highest BCUT2D eigenvalue weighted by Crippen LogP contribution is 2.29. The van der Waals surface area contributed by atoms with Crippen molar-refractivity contribution in [2.45, 2.75) is 31.2 Å². The predicted octanol–water partition coefficient (Wildman–Crippen LogP) is 2.54. The number of benzene rings is 1. The van der Waals surface area contributed by atoms with E-state index in [2.05, 4.69) is 34.2 Å². The lowest BCUT2D eigenvalue weighted by Crippen LogP contribution is -2.12. The molecule has 0 saturated heterocycles. The van der Waals surface area contributed by atoms with Crippen molar-refractivity contribution < 1.29 is 9.26 Å². The van der Waals surface area contributed by atoms with Crippen LogP contribution in [-0.4, -0.2) is 32.1 Å². The Morgan fingerprint density at radius 2 is 2.08 bits per heavy atom. The minimum Gasteiger partial charge on any atom is -0.496 e. The van der Waals surface area contributed by atoms with Crippen molar-refractivity contribution in [1.29, 1.82) is 0 Å². The molecule has 2 N–H and O–H groups in total. The van der Waals surface area contributed by atoms with Gasteiger partial charge in [0.15, 0.2) is 11.6 Å². The molecule has 3 rings (SSSR count). The average molecular weight is 360 g/mol. The van der Waals surface area contributed by atoms with Crippen molar-refractivity contribution in [3.63, 3.8) is 0 Å². The number of nitrogens with two attached hydrogens (primary N) is 1. The number of ether oxygens (including phenoxy) is 1. The van der Waals surface area contributed by atoms with Crippen LogP contribution < -0.4 is 10.6 Å². The Hall–Kier alpha value is -2.55. The van der Waals surface area contributed by atoms with E-state index in [4.69, 9.17) is 15.1 Å². The number of nitrogens with zero attached hydrogens (tertiary/aromatic N) is 5. The Balaban J connectivity index is 1.72. The Bertz CT molecular complexity index is 845. The molecule has 8 nitrogen and oxygen atoms in total. The van der Waals surface area contributed by atoms with E-state index in [0.717, 1.165) is 12.0 Å². The number of para-hydroxylation sites is 1. The molecule has 0 aliphatic rings. The molecular weight excluding hydrogens is 340 g/mol. The lowest BCUT2D eigenvalue weighted by atomic mass is 10.1. The Morgan fingerprint density at radius 3 is 2.84 bits per heavy atom. The standard InChI is InChI=1S/C16H20N6O2S/c1-10(2)8-14-18-13(21-24-14)9-25-16-20-19-15(22(16)17)11-6-4-5-7-12(11)23-3/h4-7,10H,8-9,17H2,1-3H3. The minimum absolute atomic E-state index is 0.469. The van der Waals surface area contributed by atoms with E-state index in [1.165, 1.54) is 16.4 Å². The molecule has 9 heteroatoms. The normalized spacial score (nSPS) is 11.2. The first-order valence-corrected chi connectivity index (χ1v) is 8.85. The molecule has 0 unspecified atom stereocenters. The number of thioether (sulfide) groups is 1. The number of hydrogen-bond acceptors (Lipinski definition) is 8. The van der Waals surface area contributed by atoms with Gasteiger partial charge < -0.3 is 15.1 Å². The third-order valence-electron chi connectivity index (χ3n) is 3.44. The summed E-state index contributed by atoms with van der Waals surface area (Å²) in [5.41, 5.74) is 0.783. The summed E-state index contributed by atoms with van der Waals surface area (Å²) in [4.78, 5) is 4.37.